The lowest BCUT2D eigenvalue weighted by Gasteiger charge is -2.38. The molecule has 6 nitrogen and oxygen atoms in total. The zero-order valence-corrected chi connectivity index (χ0v) is 13.5. The van der Waals surface area contributed by atoms with Gasteiger partial charge < -0.3 is 9.64 Å². The summed E-state index contributed by atoms with van der Waals surface area (Å²) in [5.41, 5.74) is 0.487. The Kier molecular flexibility index (Phi) is 4.17. The number of carbonyl (C=O) groups is 1. The minimum Gasteiger partial charge on any atom is -0.372 e. The van der Waals surface area contributed by atoms with Crippen LogP contribution in [0.4, 0.5) is 0 Å². The first-order valence-corrected chi connectivity index (χ1v) is 8.05. The second kappa shape index (κ2) is 6.10. The second-order valence-electron chi connectivity index (χ2n) is 5.82. The Labute approximate surface area is 133 Å². The molecule has 3 rings (SSSR count). The first kappa shape index (κ1) is 15.1. The van der Waals surface area contributed by atoms with E-state index in [4.69, 9.17) is 4.74 Å². The molecule has 1 fully saturated rings. The Balaban J connectivity index is 1.66. The Morgan fingerprint density at radius 1 is 1.41 bits per heavy atom. The van der Waals surface area contributed by atoms with Crippen molar-refractivity contribution in [2.24, 2.45) is 0 Å². The lowest BCUT2D eigenvalue weighted by Crippen LogP contribution is -2.51. The number of carbonyl (C=O) groups excluding carboxylic acids is 1. The highest BCUT2D eigenvalue weighted by atomic mass is 32.1. The normalized spacial score (nSPS) is 17.5. The maximum Gasteiger partial charge on any atom is 0.228 e. The molecule has 7 heteroatoms. The van der Waals surface area contributed by atoms with Gasteiger partial charge in [0, 0.05) is 30.9 Å². The van der Waals surface area contributed by atoms with Gasteiger partial charge in [-0.25, -0.2) is 15.0 Å². The van der Waals surface area contributed by atoms with Gasteiger partial charge in [0.2, 0.25) is 5.91 Å². The smallest absolute Gasteiger partial charge is 0.228 e. The minimum atomic E-state index is -0.279. The molecule has 0 atom stereocenters. The molecule has 22 heavy (non-hydrogen) atoms. The van der Waals surface area contributed by atoms with Crippen LogP contribution in [-0.2, 0) is 16.0 Å². The van der Waals surface area contributed by atoms with Crippen molar-refractivity contribution in [3.8, 4) is 10.8 Å². The minimum absolute atomic E-state index is 0.0854. The van der Waals surface area contributed by atoms with Crippen LogP contribution in [-0.4, -0.2) is 51.1 Å². The van der Waals surface area contributed by atoms with Gasteiger partial charge in [-0.15, -0.1) is 11.3 Å². The maximum absolute atomic E-state index is 12.4. The molecule has 0 saturated carbocycles. The summed E-state index contributed by atoms with van der Waals surface area (Å²) in [4.78, 5) is 27.1. The number of nitrogens with zero attached hydrogens (tertiary/aromatic N) is 4. The summed E-state index contributed by atoms with van der Waals surface area (Å²) >= 11 is 1.46. The Bertz CT molecular complexity index is 657. The second-order valence-corrected chi connectivity index (χ2v) is 6.67. The molecule has 1 aliphatic rings. The summed E-state index contributed by atoms with van der Waals surface area (Å²) in [6.45, 7) is 5.84. The highest BCUT2D eigenvalue weighted by molar-refractivity contribution is 7.13. The summed E-state index contributed by atoms with van der Waals surface area (Å²) in [5, 5.41) is 2.64. The fourth-order valence-electron chi connectivity index (χ4n) is 2.40. The average molecular weight is 318 g/mol. The quantitative estimate of drug-likeness (QED) is 0.863. The SMILES string of the molecule is CC1(C)CN(C(=O)Cc2csc(-c3ncccn3)n2)CCO1. The molecule has 3 heterocycles. The van der Waals surface area contributed by atoms with Gasteiger partial charge in [-0.3, -0.25) is 4.79 Å². The van der Waals surface area contributed by atoms with Gasteiger partial charge in [-0.2, -0.15) is 0 Å². The van der Waals surface area contributed by atoms with E-state index in [2.05, 4.69) is 15.0 Å². The van der Waals surface area contributed by atoms with Crippen LogP contribution in [0.15, 0.2) is 23.8 Å². The standard InChI is InChI=1S/C15H18N4O2S/c1-15(2)10-19(6-7-21-15)12(20)8-11-9-22-14(18-11)13-16-4-3-5-17-13/h3-5,9H,6-8,10H2,1-2H3. The van der Waals surface area contributed by atoms with Crippen LogP contribution >= 0.6 is 11.3 Å². The summed E-state index contributed by atoms with van der Waals surface area (Å²) in [6, 6.07) is 1.77. The number of aromatic nitrogens is 3. The maximum atomic E-state index is 12.4. The van der Waals surface area contributed by atoms with Crippen LogP contribution in [0.3, 0.4) is 0 Å². The van der Waals surface area contributed by atoms with Crippen molar-refractivity contribution >= 4 is 17.2 Å². The molecular formula is C15H18N4O2S. The van der Waals surface area contributed by atoms with Crippen molar-refractivity contribution in [1.82, 2.24) is 19.9 Å². The number of morpholine rings is 1. The zero-order valence-electron chi connectivity index (χ0n) is 12.7. The van der Waals surface area contributed by atoms with E-state index in [0.29, 0.717) is 31.9 Å². The molecule has 0 radical (unpaired) electrons. The molecule has 2 aromatic rings. The Hall–Kier alpha value is -1.86. The summed E-state index contributed by atoms with van der Waals surface area (Å²) in [7, 11) is 0. The number of rotatable bonds is 3. The number of hydrogen-bond acceptors (Lipinski definition) is 6. The molecule has 1 saturated heterocycles. The van der Waals surface area contributed by atoms with Crippen molar-refractivity contribution in [2.45, 2.75) is 25.9 Å². The lowest BCUT2D eigenvalue weighted by molar-refractivity contribution is -0.145. The predicted octanol–water partition coefficient (Wildman–Crippen LogP) is 1.78. The molecule has 0 bridgehead atoms. The van der Waals surface area contributed by atoms with Crippen molar-refractivity contribution in [1.29, 1.82) is 0 Å². The third kappa shape index (κ3) is 3.48. The van der Waals surface area contributed by atoms with Crippen LogP contribution in [0, 0.1) is 0 Å². The third-order valence-electron chi connectivity index (χ3n) is 3.42. The van der Waals surface area contributed by atoms with Gasteiger partial charge in [0.1, 0.15) is 0 Å². The average Bonchev–Trinajstić information content (AvgIpc) is 2.95. The van der Waals surface area contributed by atoms with E-state index >= 15 is 0 Å². The van der Waals surface area contributed by atoms with Gasteiger partial charge >= 0.3 is 0 Å². The molecule has 0 aromatic carbocycles. The number of amides is 1. The van der Waals surface area contributed by atoms with Gasteiger partial charge in [-0.1, -0.05) is 0 Å². The zero-order chi connectivity index (χ0) is 15.6. The van der Waals surface area contributed by atoms with Crippen LogP contribution < -0.4 is 0 Å². The van der Waals surface area contributed by atoms with Crippen LogP contribution in [0.2, 0.25) is 0 Å². The van der Waals surface area contributed by atoms with E-state index < -0.39 is 0 Å². The van der Waals surface area contributed by atoms with Gasteiger partial charge in [0.15, 0.2) is 10.8 Å². The summed E-state index contributed by atoms with van der Waals surface area (Å²) in [6.07, 6.45) is 3.67. The molecular weight excluding hydrogens is 300 g/mol. The largest absolute Gasteiger partial charge is 0.372 e. The molecule has 1 aliphatic heterocycles. The molecule has 0 N–H and O–H groups in total. The lowest BCUT2D eigenvalue weighted by atomic mass is 10.1. The number of ether oxygens (including phenoxy) is 1. The Morgan fingerprint density at radius 3 is 2.91 bits per heavy atom. The van der Waals surface area contributed by atoms with E-state index in [0.717, 1.165) is 10.7 Å². The fraction of sp³-hybridized carbons (Fsp3) is 0.467. The third-order valence-corrected chi connectivity index (χ3v) is 4.31. The van der Waals surface area contributed by atoms with Crippen LogP contribution in [0.5, 0.6) is 0 Å². The van der Waals surface area contributed by atoms with Crippen molar-refractivity contribution in [3.05, 3.63) is 29.5 Å². The van der Waals surface area contributed by atoms with Crippen LogP contribution in [0.1, 0.15) is 19.5 Å². The molecule has 0 aliphatic carbocycles. The van der Waals surface area contributed by atoms with E-state index in [1.54, 1.807) is 18.5 Å². The van der Waals surface area contributed by atoms with E-state index in [9.17, 15) is 4.79 Å². The van der Waals surface area contributed by atoms with E-state index in [-0.39, 0.29) is 11.5 Å². The van der Waals surface area contributed by atoms with E-state index in [1.807, 2.05) is 24.1 Å². The Morgan fingerprint density at radius 2 is 2.18 bits per heavy atom. The number of thiazole rings is 1. The summed E-state index contributed by atoms with van der Waals surface area (Å²) in [5.74, 6) is 0.681. The number of hydrogen-bond donors (Lipinski definition) is 0. The van der Waals surface area contributed by atoms with Gasteiger partial charge in [0.25, 0.3) is 0 Å². The first-order valence-electron chi connectivity index (χ1n) is 7.17. The van der Waals surface area contributed by atoms with Gasteiger partial charge in [0.05, 0.1) is 24.3 Å². The topological polar surface area (TPSA) is 68.2 Å². The van der Waals surface area contributed by atoms with Crippen molar-refractivity contribution in [2.75, 3.05) is 19.7 Å². The highest BCUT2D eigenvalue weighted by Gasteiger charge is 2.30. The van der Waals surface area contributed by atoms with Gasteiger partial charge in [-0.05, 0) is 19.9 Å². The molecule has 2 aromatic heterocycles. The molecule has 0 unspecified atom stereocenters. The predicted molar refractivity (Wildman–Crippen MR) is 83.5 cm³/mol. The monoisotopic (exact) mass is 318 g/mol. The summed E-state index contributed by atoms with van der Waals surface area (Å²) < 4.78 is 5.63. The molecule has 1 amide bonds. The fourth-order valence-corrected chi connectivity index (χ4v) is 3.16. The van der Waals surface area contributed by atoms with E-state index in [1.165, 1.54) is 11.3 Å². The first-order chi connectivity index (χ1) is 10.5. The van der Waals surface area contributed by atoms with Crippen molar-refractivity contribution < 1.29 is 9.53 Å². The van der Waals surface area contributed by atoms with Crippen molar-refractivity contribution in [3.63, 3.8) is 0 Å². The highest BCUT2D eigenvalue weighted by Crippen LogP contribution is 2.21. The molecule has 0 spiro atoms. The van der Waals surface area contributed by atoms with Crippen LogP contribution in [0.25, 0.3) is 10.8 Å². The molecule has 116 valence electrons.